The molecule has 2 atom stereocenters. The van der Waals surface area contributed by atoms with Crippen LogP contribution in [0.15, 0.2) is 43.0 Å². The summed E-state index contributed by atoms with van der Waals surface area (Å²) in [6, 6.07) is 10.1. The van der Waals surface area contributed by atoms with E-state index in [1.807, 2.05) is 36.4 Å². The Hall–Kier alpha value is -1.16. The van der Waals surface area contributed by atoms with Crippen molar-refractivity contribution in [2.75, 3.05) is 13.7 Å². The Morgan fingerprint density at radius 3 is 2.83 bits per heavy atom. The van der Waals surface area contributed by atoms with Crippen LogP contribution < -0.4 is 0 Å². The average molecular weight is 248 g/mol. The van der Waals surface area contributed by atoms with E-state index in [1.165, 1.54) is 0 Å². The molecule has 1 aromatic carbocycles. The smallest absolute Gasteiger partial charge is 0.158 e. The van der Waals surface area contributed by atoms with Gasteiger partial charge < -0.3 is 14.2 Å². The van der Waals surface area contributed by atoms with Gasteiger partial charge in [0.05, 0.1) is 13.2 Å². The number of hydrogen-bond donors (Lipinski definition) is 0. The molecule has 2 rings (SSSR count). The molecule has 1 unspecified atom stereocenters. The molecule has 1 aliphatic rings. The highest BCUT2D eigenvalue weighted by molar-refractivity contribution is 5.13. The number of ether oxygens (including phenoxy) is 3. The SMILES string of the molecule is C=C[C@@]1(COCc2ccccc2)CCC(OC)O1. The topological polar surface area (TPSA) is 27.7 Å². The number of rotatable bonds is 6. The first-order valence-electron chi connectivity index (χ1n) is 6.24. The maximum atomic E-state index is 5.82. The minimum atomic E-state index is -0.393. The molecule has 1 aromatic rings. The maximum absolute atomic E-state index is 5.82. The van der Waals surface area contributed by atoms with E-state index < -0.39 is 5.60 Å². The van der Waals surface area contributed by atoms with Gasteiger partial charge in [-0.15, -0.1) is 6.58 Å². The van der Waals surface area contributed by atoms with E-state index in [0.29, 0.717) is 13.2 Å². The highest BCUT2D eigenvalue weighted by atomic mass is 16.7. The largest absolute Gasteiger partial charge is 0.373 e. The third-order valence-electron chi connectivity index (χ3n) is 3.26. The normalized spacial score (nSPS) is 27.3. The molecule has 3 nitrogen and oxygen atoms in total. The molecule has 0 bridgehead atoms. The van der Waals surface area contributed by atoms with Crippen molar-refractivity contribution < 1.29 is 14.2 Å². The van der Waals surface area contributed by atoms with Crippen LogP contribution in [0.3, 0.4) is 0 Å². The van der Waals surface area contributed by atoms with Gasteiger partial charge in [0.25, 0.3) is 0 Å². The lowest BCUT2D eigenvalue weighted by Gasteiger charge is -2.25. The molecule has 18 heavy (non-hydrogen) atoms. The van der Waals surface area contributed by atoms with Crippen LogP contribution in [-0.4, -0.2) is 25.6 Å². The summed E-state index contributed by atoms with van der Waals surface area (Å²) in [5.74, 6) is 0. The van der Waals surface area contributed by atoms with Crippen LogP contribution in [0.5, 0.6) is 0 Å². The maximum Gasteiger partial charge on any atom is 0.158 e. The highest BCUT2D eigenvalue weighted by Crippen LogP contribution is 2.32. The predicted octanol–water partition coefficient (Wildman–Crippen LogP) is 2.91. The van der Waals surface area contributed by atoms with Crippen LogP contribution in [0.4, 0.5) is 0 Å². The molecule has 1 aliphatic heterocycles. The number of methoxy groups -OCH3 is 1. The molecule has 0 saturated carbocycles. The Morgan fingerprint density at radius 1 is 1.44 bits per heavy atom. The lowest BCUT2D eigenvalue weighted by atomic mass is 10.0. The molecular weight excluding hydrogens is 228 g/mol. The first-order chi connectivity index (χ1) is 8.78. The van der Waals surface area contributed by atoms with Gasteiger partial charge in [0.2, 0.25) is 0 Å². The summed E-state index contributed by atoms with van der Waals surface area (Å²) in [6.45, 7) is 4.96. The van der Waals surface area contributed by atoms with Gasteiger partial charge in [-0.3, -0.25) is 0 Å². The quantitative estimate of drug-likeness (QED) is 0.724. The molecule has 0 aliphatic carbocycles. The lowest BCUT2D eigenvalue weighted by Crippen LogP contribution is -2.32. The molecule has 0 aromatic heterocycles. The van der Waals surface area contributed by atoms with E-state index in [4.69, 9.17) is 14.2 Å². The zero-order valence-corrected chi connectivity index (χ0v) is 10.8. The Kier molecular flexibility index (Phi) is 4.53. The molecule has 98 valence electrons. The molecule has 1 saturated heterocycles. The molecule has 1 fully saturated rings. The fourth-order valence-electron chi connectivity index (χ4n) is 2.14. The van der Waals surface area contributed by atoms with Gasteiger partial charge in [-0.25, -0.2) is 0 Å². The van der Waals surface area contributed by atoms with Crippen LogP contribution in [0.2, 0.25) is 0 Å². The van der Waals surface area contributed by atoms with Gasteiger partial charge in [0, 0.05) is 13.5 Å². The van der Waals surface area contributed by atoms with Crippen LogP contribution in [0.1, 0.15) is 18.4 Å². The van der Waals surface area contributed by atoms with E-state index in [1.54, 1.807) is 7.11 Å². The number of benzene rings is 1. The van der Waals surface area contributed by atoms with Gasteiger partial charge in [0.15, 0.2) is 6.29 Å². The van der Waals surface area contributed by atoms with E-state index in [9.17, 15) is 0 Å². The van der Waals surface area contributed by atoms with Gasteiger partial charge >= 0.3 is 0 Å². The van der Waals surface area contributed by atoms with Gasteiger partial charge in [0.1, 0.15) is 5.60 Å². The second-order valence-corrected chi connectivity index (χ2v) is 4.57. The fourth-order valence-corrected chi connectivity index (χ4v) is 2.14. The average Bonchev–Trinajstić information content (AvgIpc) is 2.84. The lowest BCUT2D eigenvalue weighted by molar-refractivity contribution is -0.156. The standard InChI is InChI=1S/C15H20O3/c1-3-15(10-9-14(16-2)18-15)12-17-11-13-7-5-4-6-8-13/h3-8,14H,1,9-12H2,2H3/t14?,15-/m0/s1. The highest BCUT2D eigenvalue weighted by Gasteiger charge is 2.38. The Morgan fingerprint density at radius 2 is 2.22 bits per heavy atom. The van der Waals surface area contributed by atoms with E-state index in [2.05, 4.69) is 6.58 Å². The molecule has 0 N–H and O–H groups in total. The van der Waals surface area contributed by atoms with Gasteiger partial charge in [-0.2, -0.15) is 0 Å². The van der Waals surface area contributed by atoms with Crippen molar-refractivity contribution in [1.29, 1.82) is 0 Å². The van der Waals surface area contributed by atoms with E-state index in [0.717, 1.165) is 18.4 Å². The van der Waals surface area contributed by atoms with E-state index >= 15 is 0 Å². The van der Waals surface area contributed by atoms with Crippen molar-refractivity contribution >= 4 is 0 Å². The summed E-state index contributed by atoms with van der Waals surface area (Å²) in [7, 11) is 1.66. The monoisotopic (exact) mass is 248 g/mol. The summed E-state index contributed by atoms with van der Waals surface area (Å²) in [6.07, 6.45) is 3.47. The van der Waals surface area contributed by atoms with Crippen LogP contribution in [-0.2, 0) is 20.8 Å². The summed E-state index contributed by atoms with van der Waals surface area (Å²) in [4.78, 5) is 0. The van der Waals surface area contributed by atoms with E-state index in [-0.39, 0.29) is 6.29 Å². The second kappa shape index (κ2) is 6.14. The van der Waals surface area contributed by atoms with Crippen molar-refractivity contribution in [3.05, 3.63) is 48.6 Å². The third kappa shape index (κ3) is 3.19. The zero-order valence-electron chi connectivity index (χ0n) is 10.8. The molecular formula is C15H20O3. The molecule has 0 spiro atoms. The predicted molar refractivity (Wildman–Crippen MR) is 70.1 cm³/mol. The van der Waals surface area contributed by atoms with Crippen molar-refractivity contribution in [1.82, 2.24) is 0 Å². The summed E-state index contributed by atoms with van der Waals surface area (Å²) >= 11 is 0. The van der Waals surface area contributed by atoms with Crippen molar-refractivity contribution in [3.63, 3.8) is 0 Å². The van der Waals surface area contributed by atoms with Crippen molar-refractivity contribution in [2.45, 2.75) is 31.3 Å². The number of hydrogen-bond acceptors (Lipinski definition) is 3. The summed E-state index contributed by atoms with van der Waals surface area (Å²) in [5, 5.41) is 0. The van der Waals surface area contributed by atoms with Crippen molar-refractivity contribution in [3.8, 4) is 0 Å². The first kappa shape index (κ1) is 13.3. The van der Waals surface area contributed by atoms with Gasteiger partial charge in [-0.05, 0) is 12.0 Å². The Balaban J connectivity index is 1.83. The Bertz CT molecular complexity index is 377. The molecule has 0 amide bonds. The van der Waals surface area contributed by atoms with Crippen LogP contribution >= 0.6 is 0 Å². The first-order valence-corrected chi connectivity index (χ1v) is 6.24. The third-order valence-corrected chi connectivity index (χ3v) is 3.26. The fraction of sp³-hybridized carbons (Fsp3) is 0.467. The zero-order chi connectivity index (χ0) is 12.8. The minimum Gasteiger partial charge on any atom is -0.373 e. The molecule has 0 radical (unpaired) electrons. The Labute approximate surface area is 108 Å². The molecule has 1 heterocycles. The summed E-state index contributed by atoms with van der Waals surface area (Å²) < 4.78 is 16.8. The van der Waals surface area contributed by atoms with Crippen LogP contribution in [0.25, 0.3) is 0 Å². The molecule has 3 heteroatoms. The van der Waals surface area contributed by atoms with Crippen molar-refractivity contribution in [2.24, 2.45) is 0 Å². The second-order valence-electron chi connectivity index (χ2n) is 4.57. The summed E-state index contributed by atoms with van der Waals surface area (Å²) in [5.41, 5.74) is 0.771. The van der Waals surface area contributed by atoms with Gasteiger partial charge in [-0.1, -0.05) is 36.4 Å². The minimum absolute atomic E-state index is 0.136. The van der Waals surface area contributed by atoms with Crippen LogP contribution in [0, 0.1) is 0 Å².